The van der Waals surface area contributed by atoms with E-state index in [4.69, 9.17) is 5.73 Å². The summed E-state index contributed by atoms with van der Waals surface area (Å²) < 4.78 is 0. The first-order valence-electron chi connectivity index (χ1n) is 20.5. The maximum absolute atomic E-state index is 10.6. The molecule has 0 aliphatic rings. The zero-order valence-corrected chi connectivity index (χ0v) is 30.6. The SMILES string of the molecule is CCCCCCCCCCCCCCCCCCC(CCCCCCCCCCCCCCCCCC)CC(C)(O)CN. The van der Waals surface area contributed by atoms with Gasteiger partial charge in [-0.2, -0.15) is 0 Å². The van der Waals surface area contributed by atoms with Gasteiger partial charge >= 0.3 is 0 Å². The lowest BCUT2D eigenvalue weighted by Crippen LogP contribution is -2.36. The van der Waals surface area contributed by atoms with E-state index in [0.717, 1.165) is 6.42 Å². The van der Waals surface area contributed by atoms with Gasteiger partial charge < -0.3 is 10.8 Å². The number of aliphatic hydroxyl groups is 1. The van der Waals surface area contributed by atoms with Crippen molar-refractivity contribution in [3.8, 4) is 0 Å². The molecule has 2 heteroatoms. The summed E-state index contributed by atoms with van der Waals surface area (Å²) in [5, 5.41) is 10.6. The van der Waals surface area contributed by atoms with E-state index in [9.17, 15) is 5.11 Å². The van der Waals surface area contributed by atoms with Crippen LogP contribution in [0.25, 0.3) is 0 Å². The van der Waals surface area contributed by atoms with E-state index in [2.05, 4.69) is 13.8 Å². The summed E-state index contributed by atoms with van der Waals surface area (Å²) in [5.41, 5.74) is 5.20. The predicted molar refractivity (Wildman–Crippen MR) is 196 cm³/mol. The van der Waals surface area contributed by atoms with E-state index in [1.807, 2.05) is 6.92 Å². The molecule has 0 aliphatic carbocycles. The third-order valence-electron chi connectivity index (χ3n) is 10.1. The van der Waals surface area contributed by atoms with E-state index in [0.29, 0.717) is 12.5 Å². The van der Waals surface area contributed by atoms with Crippen LogP contribution in [-0.2, 0) is 0 Å². The van der Waals surface area contributed by atoms with Crippen LogP contribution in [-0.4, -0.2) is 17.3 Å². The van der Waals surface area contributed by atoms with Crippen molar-refractivity contribution in [2.75, 3.05) is 6.54 Å². The number of hydrogen-bond donors (Lipinski definition) is 2. The molecule has 0 saturated carbocycles. The summed E-state index contributed by atoms with van der Waals surface area (Å²) in [6, 6.07) is 0. The molecule has 0 saturated heterocycles. The molecule has 2 nitrogen and oxygen atoms in total. The molecule has 0 aromatic rings. The molecule has 260 valence electrons. The minimum atomic E-state index is -0.686. The standard InChI is InChI=1S/C41H85NO/c1-4-6-8-10-12-14-16-18-20-22-24-26-28-30-32-34-36-40(38-41(3,43)39-42)37-35-33-31-29-27-25-23-21-19-17-15-13-11-9-7-5-2/h40,43H,4-39,42H2,1-3H3. The Kier molecular flexibility index (Phi) is 34.7. The van der Waals surface area contributed by atoms with Crippen LogP contribution in [0.3, 0.4) is 0 Å². The highest BCUT2D eigenvalue weighted by Gasteiger charge is 2.23. The van der Waals surface area contributed by atoms with Gasteiger partial charge in [-0.3, -0.25) is 0 Å². The van der Waals surface area contributed by atoms with Crippen LogP contribution in [0.15, 0.2) is 0 Å². The fourth-order valence-electron chi connectivity index (χ4n) is 7.02. The van der Waals surface area contributed by atoms with Gasteiger partial charge in [-0.25, -0.2) is 0 Å². The topological polar surface area (TPSA) is 46.2 Å². The van der Waals surface area contributed by atoms with Crippen LogP contribution in [0.4, 0.5) is 0 Å². The van der Waals surface area contributed by atoms with E-state index in [1.54, 1.807) is 0 Å². The lowest BCUT2D eigenvalue weighted by atomic mass is 9.84. The summed E-state index contributed by atoms with van der Waals surface area (Å²) in [6.45, 7) is 6.94. The van der Waals surface area contributed by atoms with Crippen molar-refractivity contribution < 1.29 is 5.11 Å². The zero-order chi connectivity index (χ0) is 31.5. The van der Waals surface area contributed by atoms with Crippen molar-refractivity contribution in [1.82, 2.24) is 0 Å². The van der Waals surface area contributed by atoms with Gasteiger partial charge in [0, 0.05) is 6.54 Å². The van der Waals surface area contributed by atoms with Crippen LogP contribution in [0, 0.1) is 5.92 Å². The van der Waals surface area contributed by atoms with Crippen molar-refractivity contribution in [3.05, 3.63) is 0 Å². The summed E-state index contributed by atoms with van der Waals surface area (Å²) in [6.07, 6.45) is 49.2. The summed E-state index contributed by atoms with van der Waals surface area (Å²) in [5.74, 6) is 0.650. The van der Waals surface area contributed by atoms with Crippen molar-refractivity contribution in [3.63, 3.8) is 0 Å². The van der Waals surface area contributed by atoms with E-state index in [-0.39, 0.29) is 0 Å². The average Bonchev–Trinajstić information content (AvgIpc) is 3.00. The Labute approximate surface area is 273 Å². The Hall–Kier alpha value is -0.0800. The molecular formula is C41H85NO. The molecule has 3 N–H and O–H groups in total. The van der Waals surface area contributed by atoms with Gasteiger partial charge in [-0.1, -0.05) is 232 Å². The van der Waals surface area contributed by atoms with Crippen molar-refractivity contribution in [2.24, 2.45) is 11.7 Å². The fraction of sp³-hybridized carbons (Fsp3) is 1.00. The largest absolute Gasteiger partial charge is 0.389 e. The minimum absolute atomic E-state index is 0.390. The molecule has 1 unspecified atom stereocenters. The Morgan fingerprint density at radius 3 is 0.814 bits per heavy atom. The second-order valence-electron chi connectivity index (χ2n) is 15.0. The first kappa shape index (κ1) is 42.9. The maximum Gasteiger partial charge on any atom is 0.0744 e. The van der Waals surface area contributed by atoms with Gasteiger partial charge in [0.25, 0.3) is 0 Å². The monoisotopic (exact) mass is 608 g/mol. The Morgan fingerprint density at radius 1 is 0.395 bits per heavy atom. The summed E-state index contributed by atoms with van der Waals surface area (Å²) in [4.78, 5) is 0. The normalized spacial score (nSPS) is 13.3. The van der Waals surface area contributed by atoms with Gasteiger partial charge in [0.05, 0.1) is 5.60 Å². The van der Waals surface area contributed by atoms with Crippen LogP contribution in [0.5, 0.6) is 0 Å². The van der Waals surface area contributed by atoms with Crippen LogP contribution < -0.4 is 5.73 Å². The van der Waals surface area contributed by atoms with E-state index >= 15 is 0 Å². The average molecular weight is 608 g/mol. The van der Waals surface area contributed by atoms with Crippen molar-refractivity contribution in [2.45, 2.75) is 251 Å². The number of hydrogen-bond acceptors (Lipinski definition) is 2. The van der Waals surface area contributed by atoms with Crippen LogP contribution in [0.1, 0.15) is 245 Å². The van der Waals surface area contributed by atoms with Gasteiger partial charge in [0.1, 0.15) is 0 Å². The molecule has 0 amide bonds. The highest BCUT2D eigenvalue weighted by Crippen LogP contribution is 2.27. The first-order valence-corrected chi connectivity index (χ1v) is 20.5. The smallest absolute Gasteiger partial charge is 0.0744 e. The maximum atomic E-state index is 10.6. The zero-order valence-electron chi connectivity index (χ0n) is 30.6. The molecule has 0 aliphatic heterocycles. The van der Waals surface area contributed by atoms with Crippen LogP contribution in [0.2, 0.25) is 0 Å². The molecule has 0 fully saturated rings. The van der Waals surface area contributed by atoms with Gasteiger partial charge in [-0.05, 0) is 19.3 Å². The molecule has 0 spiro atoms. The van der Waals surface area contributed by atoms with Gasteiger partial charge in [0.2, 0.25) is 0 Å². The summed E-state index contributed by atoms with van der Waals surface area (Å²) >= 11 is 0. The quantitative estimate of drug-likeness (QED) is 0.0690. The highest BCUT2D eigenvalue weighted by molar-refractivity contribution is 4.78. The highest BCUT2D eigenvalue weighted by atomic mass is 16.3. The Bertz CT molecular complexity index is 468. The second kappa shape index (κ2) is 34.8. The third-order valence-corrected chi connectivity index (χ3v) is 10.1. The Morgan fingerprint density at radius 2 is 0.605 bits per heavy atom. The van der Waals surface area contributed by atoms with Crippen molar-refractivity contribution in [1.29, 1.82) is 0 Å². The molecule has 0 aromatic heterocycles. The molecule has 0 bridgehead atoms. The number of unbranched alkanes of at least 4 members (excludes halogenated alkanes) is 30. The molecule has 1 atom stereocenters. The lowest BCUT2D eigenvalue weighted by molar-refractivity contribution is 0.0385. The Balaban J connectivity index is 3.67. The third kappa shape index (κ3) is 34.6. The summed E-state index contributed by atoms with van der Waals surface area (Å²) in [7, 11) is 0. The number of rotatable bonds is 37. The first-order chi connectivity index (χ1) is 21.1. The minimum Gasteiger partial charge on any atom is -0.389 e. The van der Waals surface area contributed by atoms with E-state index < -0.39 is 5.60 Å². The molecule has 0 heterocycles. The van der Waals surface area contributed by atoms with E-state index in [1.165, 1.54) is 218 Å². The van der Waals surface area contributed by atoms with Gasteiger partial charge in [0.15, 0.2) is 0 Å². The molecule has 43 heavy (non-hydrogen) atoms. The molecule has 0 aromatic carbocycles. The second-order valence-corrected chi connectivity index (χ2v) is 15.0. The lowest BCUT2D eigenvalue weighted by Gasteiger charge is -2.27. The predicted octanol–water partition coefficient (Wildman–Crippen LogP) is 14.0. The molecule has 0 rings (SSSR count). The number of nitrogens with two attached hydrogens (primary N) is 1. The fourth-order valence-corrected chi connectivity index (χ4v) is 7.02. The molecular weight excluding hydrogens is 522 g/mol. The molecule has 0 radical (unpaired) electrons. The van der Waals surface area contributed by atoms with Gasteiger partial charge in [-0.15, -0.1) is 0 Å². The van der Waals surface area contributed by atoms with Crippen LogP contribution >= 0.6 is 0 Å². The van der Waals surface area contributed by atoms with Crippen molar-refractivity contribution >= 4 is 0 Å².